The van der Waals surface area contributed by atoms with Crippen molar-refractivity contribution in [3.63, 3.8) is 0 Å². The average molecular weight is 294 g/mol. The Balaban J connectivity index is 2.31. The molecule has 0 saturated carbocycles. The van der Waals surface area contributed by atoms with E-state index >= 15 is 0 Å². The van der Waals surface area contributed by atoms with E-state index in [4.69, 9.17) is 34.3 Å². The second kappa shape index (κ2) is 5.50. The molecule has 0 aliphatic carbocycles. The molecule has 0 amide bonds. The van der Waals surface area contributed by atoms with E-state index in [0.29, 0.717) is 11.4 Å². The normalized spacial score (nSPS) is 10.3. The molecule has 0 aliphatic rings. The largest absolute Gasteiger partial charge is 0.424 e. The Labute approximate surface area is 121 Å². The molecule has 2 N–H and O–H groups in total. The van der Waals surface area contributed by atoms with Gasteiger partial charge in [0, 0.05) is 11.2 Å². The van der Waals surface area contributed by atoms with Gasteiger partial charge in [-0.3, -0.25) is 0 Å². The topological polar surface area (TPSA) is 61.0 Å². The van der Waals surface area contributed by atoms with Crippen LogP contribution in [-0.4, -0.2) is 15.0 Å². The van der Waals surface area contributed by atoms with Crippen molar-refractivity contribution < 1.29 is 4.74 Å². The molecule has 6 heteroatoms. The van der Waals surface area contributed by atoms with E-state index in [1.54, 1.807) is 12.3 Å². The van der Waals surface area contributed by atoms with E-state index in [1.165, 1.54) is 0 Å². The van der Waals surface area contributed by atoms with Gasteiger partial charge >= 0.3 is 6.01 Å². The van der Waals surface area contributed by atoms with Gasteiger partial charge in [0.15, 0.2) is 0 Å². The first-order valence-electron chi connectivity index (χ1n) is 5.55. The summed E-state index contributed by atoms with van der Waals surface area (Å²) < 4.78 is 5.59. The monoisotopic (exact) mass is 293 g/mol. The summed E-state index contributed by atoms with van der Waals surface area (Å²) in [6, 6.07) is 5.48. The Morgan fingerprint density at radius 3 is 2.53 bits per heavy atom. The van der Waals surface area contributed by atoms with Crippen LogP contribution in [0.4, 0.5) is 0 Å². The summed E-state index contributed by atoms with van der Waals surface area (Å²) in [5, 5.41) is 0.727. The molecule has 1 heterocycles. The van der Waals surface area contributed by atoms with Gasteiger partial charge in [0.2, 0.25) is 0 Å². The molecular formula is C13H12ClN3OS. The third kappa shape index (κ3) is 3.19. The minimum absolute atomic E-state index is 0.200. The maximum atomic E-state index is 6.10. The molecule has 2 aromatic rings. The molecule has 0 spiro atoms. The number of hydrogen-bond acceptors (Lipinski definition) is 4. The molecule has 1 aromatic carbocycles. The molecule has 0 fully saturated rings. The predicted octanol–water partition coefficient (Wildman–Crippen LogP) is 3.17. The summed E-state index contributed by atoms with van der Waals surface area (Å²) in [6.07, 6.45) is 1.55. The number of nitrogens with zero attached hydrogens (tertiary/aromatic N) is 2. The summed E-state index contributed by atoms with van der Waals surface area (Å²) in [6.45, 7) is 3.82. The van der Waals surface area contributed by atoms with Gasteiger partial charge in [-0.25, -0.2) is 4.98 Å². The van der Waals surface area contributed by atoms with Gasteiger partial charge in [0.25, 0.3) is 0 Å². The highest BCUT2D eigenvalue weighted by molar-refractivity contribution is 7.80. The van der Waals surface area contributed by atoms with Crippen molar-refractivity contribution in [2.24, 2.45) is 5.73 Å². The van der Waals surface area contributed by atoms with Gasteiger partial charge in [-0.1, -0.05) is 23.8 Å². The molecule has 4 nitrogen and oxygen atoms in total. The lowest BCUT2D eigenvalue weighted by molar-refractivity contribution is 0.441. The Morgan fingerprint density at radius 2 is 1.95 bits per heavy atom. The summed E-state index contributed by atoms with van der Waals surface area (Å²) in [5.74, 6) is 0.625. The van der Waals surface area contributed by atoms with Gasteiger partial charge in [-0.15, -0.1) is 0 Å². The van der Waals surface area contributed by atoms with Crippen LogP contribution >= 0.6 is 23.8 Å². The van der Waals surface area contributed by atoms with Gasteiger partial charge < -0.3 is 10.5 Å². The average Bonchev–Trinajstić information content (AvgIpc) is 2.36. The van der Waals surface area contributed by atoms with Crippen LogP contribution in [0.1, 0.15) is 16.8 Å². The number of nitrogens with two attached hydrogens (primary N) is 1. The number of aromatic nitrogens is 2. The lowest BCUT2D eigenvalue weighted by Gasteiger charge is -2.08. The third-order valence-corrected chi connectivity index (χ3v) is 3.31. The van der Waals surface area contributed by atoms with E-state index in [1.807, 2.05) is 26.0 Å². The standard InChI is InChI=1S/C13H12ClN3OS/c1-7-5-9(6-8(2)11(7)14)18-13-16-4-3-10(17-13)12(15)19/h3-6H,1-2H3,(H2,15,19). The number of rotatable bonds is 3. The molecule has 1 aromatic heterocycles. The van der Waals surface area contributed by atoms with E-state index in [0.717, 1.165) is 16.1 Å². The highest BCUT2D eigenvalue weighted by atomic mass is 35.5. The SMILES string of the molecule is Cc1cc(Oc2nccc(C(N)=S)n2)cc(C)c1Cl. The first-order valence-corrected chi connectivity index (χ1v) is 6.33. The smallest absolute Gasteiger partial charge is 0.322 e. The van der Waals surface area contributed by atoms with Crippen molar-refractivity contribution in [2.45, 2.75) is 13.8 Å². The van der Waals surface area contributed by atoms with Gasteiger partial charge in [-0.05, 0) is 43.2 Å². The molecule has 0 unspecified atom stereocenters. The maximum absolute atomic E-state index is 6.10. The van der Waals surface area contributed by atoms with E-state index in [-0.39, 0.29) is 11.0 Å². The van der Waals surface area contributed by atoms with Crippen molar-refractivity contribution in [3.8, 4) is 11.8 Å². The Bertz CT molecular complexity index is 623. The highest BCUT2D eigenvalue weighted by Crippen LogP contribution is 2.27. The van der Waals surface area contributed by atoms with Crippen LogP contribution in [0.3, 0.4) is 0 Å². The van der Waals surface area contributed by atoms with Crippen molar-refractivity contribution in [3.05, 3.63) is 46.2 Å². The van der Waals surface area contributed by atoms with Crippen molar-refractivity contribution >= 4 is 28.8 Å². The molecule has 0 bridgehead atoms. The summed E-state index contributed by atoms with van der Waals surface area (Å²) in [4.78, 5) is 8.34. The Morgan fingerprint density at radius 1 is 1.32 bits per heavy atom. The second-order valence-corrected chi connectivity index (χ2v) is 4.88. The summed E-state index contributed by atoms with van der Waals surface area (Å²) >= 11 is 11.0. The minimum Gasteiger partial charge on any atom is -0.424 e. The zero-order valence-electron chi connectivity index (χ0n) is 10.5. The molecule has 0 saturated heterocycles. The van der Waals surface area contributed by atoms with Crippen molar-refractivity contribution in [1.82, 2.24) is 9.97 Å². The van der Waals surface area contributed by atoms with Crippen LogP contribution in [0, 0.1) is 13.8 Å². The van der Waals surface area contributed by atoms with E-state index < -0.39 is 0 Å². The van der Waals surface area contributed by atoms with Gasteiger partial charge in [-0.2, -0.15) is 4.98 Å². The number of halogens is 1. The Hall–Kier alpha value is -1.72. The third-order valence-electron chi connectivity index (χ3n) is 2.51. The molecular weight excluding hydrogens is 282 g/mol. The maximum Gasteiger partial charge on any atom is 0.322 e. The first-order chi connectivity index (χ1) is 8.97. The molecule has 98 valence electrons. The lowest BCUT2D eigenvalue weighted by Crippen LogP contribution is -2.12. The second-order valence-electron chi connectivity index (χ2n) is 4.06. The number of ether oxygens (including phenoxy) is 1. The fourth-order valence-electron chi connectivity index (χ4n) is 1.60. The van der Waals surface area contributed by atoms with Gasteiger partial charge in [0.1, 0.15) is 16.4 Å². The summed E-state index contributed by atoms with van der Waals surface area (Å²) in [7, 11) is 0. The van der Waals surface area contributed by atoms with Crippen molar-refractivity contribution in [1.29, 1.82) is 0 Å². The zero-order chi connectivity index (χ0) is 14.0. The molecule has 0 atom stereocenters. The molecule has 0 radical (unpaired) electrons. The number of aryl methyl sites for hydroxylation is 2. The highest BCUT2D eigenvalue weighted by Gasteiger charge is 2.07. The number of benzene rings is 1. The Kier molecular flexibility index (Phi) is 3.97. The summed E-state index contributed by atoms with van der Waals surface area (Å²) in [5.41, 5.74) is 7.85. The molecule has 19 heavy (non-hydrogen) atoms. The van der Waals surface area contributed by atoms with Crippen molar-refractivity contribution in [2.75, 3.05) is 0 Å². The van der Waals surface area contributed by atoms with Crippen LogP contribution < -0.4 is 10.5 Å². The van der Waals surface area contributed by atoms with Crippen LogP contribution in [-0.2, 0) is 0 Å². The zero-order valence-corrected chi connectivity index (χ0v) is 12.0. The van der Waals surface area contributed by atoms with Crippen LogP contribution in [0.5, 0.6) is 11.8 Å². The molecule has 2 rings (SSSR count). The fourth-order valence-corrected chi connectivity index (χ4v) is 1.82. The van der Waals surface area contributed by atoms with E-state index in [9.17, 15) is 0 Å². The van der Waals surface area contributed by atoms with Crippen LogP contribution in [0.15, 0.2) is 24.4 Å². The van der Waals surface area contributed by atoms with Gasteiger partial charge in [0.05, 0.1) is 0 Å². The quantitative estimate of drug-likeness (QED) is 0.881. The minimum atomic E-state index is 0.200. The predicted molar refractivity (Wildman–Crippen MR) is 78.9 cm³/mol. The number of hydrogen-bond donors (Lipinski definition) is 1. The number of thiocarbonyl (C=S) groups is 1. The molecule has 0 aliphatic heterocycles. The van der Waals surface area contributed by atoms with Crippen LogP contribution in [0.2, 0.25) is 5.02 Å². The fraction of sp³-hybridized carbons (Fsp3) is 0.154. The van der Waals surface area contributed by atoms with Crippen LogP contribution in [0.25, 0.3) is 0 Å². The first kappa shape index (κ1) is 13.7. The van der Waals surface area contributed by atoms with E-state index in [2.05, 4.69) is 9.97 Å². The lowest BCUT2D eigenvalue weighted by atomic mass is 10.1.